The number of amides is 1. The molecule has 1 aromatic heterocycles. The second-order valence-electron chi connectivity index (χ2n) is 6.56. The molecule has 0 unspecified atom stereocenters. The molecule has 0 radical (unpaired) electrons. The fourth-order valence-corrected chi connectivity index (χ4v) is 4.15. The molecule has 0 N–H and O–H groups in total. The standard InChI is InChI=1S/C20H17FN4O3S/c21-17-4-2-1-3-16(17)19-22-13-18(29-19)20(26)24-11-9-23(10-12-24)14-5-7-15(8-6-14)25(27)28/h1-8,13H,9-12H2. The first kappa shape index (κ1) is 19.0. The van der Waals surface area contributed by atoms with Gasteiger partial charge in [-0.3, -0.25) is 14.9 Å². The maximum Gasteiger partial charge on any atom is 0.269 e. The lowest BCUT2D eigenvalue weighted by Crippen LogP contribution is -2.48. The fourth-order valence-electron chi connectivity index (χ4n) is 3.24. The third kappa shape index (κ3) is 3.95. The van der Waals surface area contributed by atoms with Gasteiger partial charge in [-0.2, -0.15) is 0 Å². The highest BCUT2D eigenvalue weighted by molar-refractivity contribution is 7.16. The lowest BCUT2D eigenvalue weighted by molar-refractivity contribution is -0.384. The summed E-state index contributed by atoms with van der Waals surface area (Å²) in [5.74, 6) is -0.481. The Hall–Kier alpha value is -3.33. The van der Waals surface area contributed by atoms with Crippen LogP contribution in [0.4, 0.5) is 15.8 Å². The molecule has 1 amide bonds. The minimum Gasteiger partial charge on any atom is -0.368 e. The molecule has 3 aromatic rings. The highest BCUT2D eigenvalue weighted by Crippen LogP contribution is 2.28. The molecule has 0 bridgehead atoms. The first-order chi connectivity index (χ1) is 14.0. The summed E-state index contributed by atoms with van der Waals surface area (Å²) in [7, 11) is 0. The van der Waals surface area contributed by atoms with Crippen molar-refractivity contribution in [2.75, 3.05) is 31.1 Å². The van der Waals surface area contributed by atoms with Crippen molar-refractivity contribution in [2.24, 2.45) is 0 Å². The van der Waals surface area contributed by atoms with Gasteiger partial charge in [0.25, 0.3) is 11.6 Å². The zero-order valence-electron chi connectivity index (χ0n) is 15.3. The Bertz CT molecular complexity index is 1050. The predicted octanol–water partition coefficient (Wildman–Crippen LogP) is 3.82. The van der Waals surface area contributed by atoms with Gasteiger partial charge < -0.3 is 9.80 Å². The number of non-ortho nitro benzene ring substituents is 1. The van der Waals surface area contributed by atoms with E-state index in [4.69, 9.17) is 0 Å². The number of anilines is 1. The van der Waals surface area contributed by atoms with Crippen LogP contribution in [0.3, 0.4) is 0 Å². The van der Waals surface area contributed by atoms with Gasteiger partial charge >= 0.3 is 0 Å². The minimum atomic E-state index is -0.426. The summed E-state index contributed by atoms with van der Waals surface area (Å²) in [5, 5.41) is 11.3. The van der Waals surface area contributed by atoms with E-state index in [1.165, 1.54) is 35.7 Å². The molecule has 2 aromatic carbocycles. The molecule has 1 saturated heterocycles. The molecule has 7 nitrogen and oxygen atoms in total. The van der Waals surface area contributed by atoms with Crippen molar-refractivity contribution in [1.29, 1.82) is 0 Å². The fraction of sp³-hybridized carbons (Fsp3) is 0.200. The molecular weight excluding hydrogens is 395 g/mol. The zero-order chi connectivity index (χ0) is 20.4. The average Bonchev–Trinajstić information content (AvgIpc) is 3.24. The molecule has 4 rings (SSSR count). The van der Waals surface area contributed by atoms with E-state index in [-0.39, 0.29) is 17.4 Å². The summed E-state index contributed by atoms with van der Waals surface area (Å²) in [6.07, 6.45) is 1.50. The number of hydrogen-bond donors (Lipinski definition) is 0. The van der Waals surface area contributed by atoms with Gasteiger partial charge in [-0.25, -0.2) is 9.37 Å². The summed E-state index contributed by atoms with van der Waals surface area (Å²) >= 11 is 1.18. The van der Waals surface area contributed by atoms with Crippen molar-refractivity contribution in [2.45, 2.75) is 0 Å². The predicted molar refractivity (Wildman–Crippen MR) is 109 cm³/mol. The van der Waals surface area contributed by atoms with Crippen LogP contribution in [0.1, 0.15) is 9.67 Å². The van der Waals surface area contributed by atoms with Gasteiger partial charge in [0.15, 0.2) is 0 Å². The number of nitrogens with zero attached hydrogens (tertiary/aromatic N) is 4. The maximum atomic E-state index is 13.9. The van der Waals surface area contributed by atoms with E-state index in [0.717, 1.165) is 5.69 Å². The third-order valence-corrected chi connectivity index (χ3v) is 5.83. The molecular formula is C20H17FN4O3S. The van der Waals surface area contributed by atoms with Crippen molar-refractivity contribution in [3.8, 4) is 10.6 Å². The van der Waals surface area contributed by atoms with Crippen LogP contribution in [0.25, 0.3) is 10.6 Å². The van der Waals surface area contributed by atoms with Crippen LogP contribution in [0.2, 0.25) is 0 Å². The molecule has 0 aliphatic carbocycles. The van der Waals surface area contributed by atoms with Gasteiger partial charge in [-0.15, -0.1) is 11.3 Å². The van der Waals surface area contributed by atoms with E-state index < -0.39 is 4.92 Å². The molecule has 0 saturated carbocycles. The van der Waals surface area contributed by atoms with Crippen molar-refractivity contribution in [3.05, 3.63) is 75.5 Å². The SMILES string of the molecule is O=C(c1cnc(-c2ccccc2F)s1)N1CCN(c2ccc([N+](=O)[O-])cc2)CC1. The molecule has 1 aliphatic heterocycles. The molecule has 1 fully saturated rings. The van der Waals surface area contributed by atoms with E-state index >= 15 is 0 Å². The van der Waals surface area contributed by atoms with E-state index in [9.17, 15) is 19.3 Å². The average molecular weight is 412 g/mol. The first-order valence-electron chi connectivity index (χ1n) is 9.02. The summed E-state index contributed by atoms with van der Waals surface area (Å²) in [5.41, 5.74) is 1.33. The number of carbonyl (C=O) groups excluding carboxylic acids is 1. The Morgan fingerprint density at radius 1 is 1.07 bits per heavy atom. The molecule has 0 atom stereocenters. The Kier molecular flexibility index (Phi) is 5.22. The molecule has 9 heteroatoms. The van der Waals surface area contributed by atoms with Crippen LogP contribution in [0, 0.1) is 15.9 Å². The number of aromatic nitrogens is 1. The van der Waals surface area contributed by atoms with Crippen LogP contribution in [-0.2, 0) is 0 Å². The maximum absolute atomic E-state index is 13.9. The van der Waals surface area contributed by atoms with Gasteiger partial charge in [0, 0.05) is 49.6 Å². The summed E-state index contributed by atoms with van der Waals surface area (Å²) in [4.78, 5) is 31.7. The Balaban J connectivity index is 1.40. The Morgan fingerprint density at radius 2 is 1.76 bits per heavy atom. The largest absolute Gasteiger partial charge is 0.368 e. The van der Waals surface area contributed by atoms with E-state index in [1.807, 2.05) is 0 Å². The number of benzene rings is 2. The molecule has 0 spiro atoms. The monoisotopic (exact) mass is 412 g/mol. The number of rotatable bonds is 4. The Labute approximate surface area is 170 Å². The number of piperazine rings is 1. The van der Waals surface area contributed by atoms with Gasteiger partial charge in [0.05, 0.1) is 11.1 Å². The smallest absolute Gasteiger partial charge is 0.269 e. The van der Waals surface area contributed by atoms with Crippen molar-refractivity contribution >= 4 is 28.6 Å². The molecule has 148 valence electrons. The summed E-state index contributed by atoms with van der Waals surface area (Å²) in [6.45, 7) is 2.32. The van der Waals surface area contributed by atoms with E-state index in [2.05, 4.69) is 9.88 Å². The van der Waals surface area contributed by atoms with Crippen molar-refractivity contribution < 1.29 is 14.1 Å². The zero-order valence-corrected chi connectivity index (χ0v) is 16.1. The van der Waals surface area contributed by atoms with Crippen molar-refractivity contribution in [3.63, 3.8) is 0 Å². The van der Waals surface area contributed by atoms with Gasteiger partial charge in [-0.1, -0.05) is 12.1 Å². The van der Waals surface area contributed by atoms with Crippen LogP contribution >= 0.6 is 11.3 Å². The van der Waals surface area contributed by atoms with Crippen LogP contribution in [-0.4, -0.2) is 46.9 Å². The topological polar surface area (TPSA) is 79.6 Å². The number of hydrogen-bond acceptors (Lipinski definition) is 6. The number of nitro benzene ring substituents is 1. The molecule has 1 aliphatic rings. The summed E-state index contributed by atoms with van der Waals surface area (Å²) < 4.78 is 13.9. The summed E-state index contributed by atoms with van der Waals surface area (Å²) in [6, 6.07) is 12.8. The van der Waals surface area contributed by atoms with Gasteiger partial charge in [0.1, 0.15) is 15.7 Å². The quantitative estimate of drug-likeness (QED) is 0.481. The third-order valence-electron chi connectivity index (χ3n) is 4.81. The van der Waals surface area contributed by atoms with Crippen LogP contribution in [0.15, 0.2) is 54.7 Å². The Morgan fingerprint density at radius 3 is 2.41 bits per heavy atom. The second-order valence-corrected chi connectivity index (χ2v) is 7.59. The second kappa shape index (κ2) is 7.96. The highest BCUT2D eigenvalue weighted by atomic mass is 32.1. The number of halogens is 1. The minimum absolute atomic E-state index is 0.0541. The molecule has 29 heavy (non-hydrogen) atoms. The first-order valence-corrected chi connectivity index (χ1v) is 9.84. The van der Waals surface area contributed by atoms with Crippen LogP contribution in [0.5, 0.6) is 0 Å². The van der Waals surface area contributed by atoms with Gasteiger partial charge in [0.2, 0.25) is 0 Å². The lowest BCUT2D eigenvalue weighted by atomic mass is 10.2. The van der Waals surface area contributed by atoms with Gasteiger partial charge in [-0.05, 0) is 24.3 Å². The van der Waals surface area contributed by atoms with E-state index in [1.54, 1.807) is 35.2 Å². The lowest BCUT2D eigenvalue weighted by Gasteiger charge is -2.35. The number of nitro groups is 1. The van der Waals surface area contributed by atoms with Crippen molar-refractivity contribution in [1.82, 2.24) is 9.88 Å². The van der Waals surface area contributed by atoms with Crippen LogP contribution < -0.4 is 4.90 Å². The van der Waals surface area contributed by atoms with E-state index in [0.29, 0.717) is 41.6 Å². The normalized spacial score (nSPS) is 14.1. The highest BCUT2D eigenvalue weighted by Gasteiger charge is 2.24. The number of thiazole rings is 1. The number of carbonyl (C=O) groups is 1. The molecule has 2 heterocycles.